The third kappa shape index (κ3) is 4.74. The molecule has 10 rings (SSSR count). The van der Waals surface area contributed by atoms with Gasteiger partial charge in [-0.2, -0.15) is 0 Å². The van der Waals surface area contributed by atoms with Crippen molar-refractivity contribution in [1.29, 1.82) is 0 Å². The highest BCUT2D eigenvalue weighted by Gasteiger charge is 2.19. The van der Waals surface area contributed by atoms with E-state index in [0.717, 1.165) is 21.9 Å². The Bertz CT molecular complexity index is 2850. The van der Waals surface area contributed by atoms with Gasteiger partial charge in [-0.05, 0) is 109 Å². The molecule has 0 aliphatic heterocycles. The molecule has 0 bridgehead atoms. The largest absolute Gasteiger partial charge is 0.310 e. The van der Waals surface area contributed by atoms with E-state index < -0.39 is 0 Å². The minimum Gasteiger partial charge on any atom is -0.310 e. The first-order chi connectivity index (χ1) is 24.8. The second-order valence-electron chi connectivity index (χ2n) is 12.8. The second-order valence-corrected chi connectivity index (χ2v) is 13.8. The van der Waals surface area contributed by atoms with Gasteiger partial charge in [0, 0.05) is 33.0 Å². The molecular weight excluding hydrogens is 625 g/mol. The van der Waals surface area contributed by atoms with Crippen LogP contribution >= 0.6 is 11.3 Å². The number of rotatable bonds is 5. The lowest BCUT2D eigenvalue weighted by Crippen LogP contribution is -2.10. The Labute approximate surface area is 294 Å². The third-order valence-electron chi connectivity index (χ3n) is 9.93. The molecule has 0 spiro atoms. The molecule has 0 atom stereocenters. The van der Waals surface area contributed by atoms with Crippen LogP contribution in [0.1, 0.15) is 0 Å². The monoisotopic (exact) mass is 654 g/mol. The zero-order valence-electron chi connectivity index (χ0n) is 27.1. The minimum absolute atomic E-state index is 1.06. The molecule has 0 N–H and O–H groups in total. The van der Waals surface area contributed by atoms with Crippen LogP contribution in [0.25, 0.3) is 74.9 Å². The Kier molecular flexibility index (Phi) is 6.71. The molecule has 2 nitrogen and oxygen atoms in total. The number of nitrogens with zero attached hydrogens (tertiary/aromatic N) is 2. The van der Waals surface area contributed by atoms with Crippen LogP contribution in [0.4, 0.5) is 17.1 Å². The molecule has 0 aliphatic carbocycles. The van der Waals surface area contributed by atoms with Gasteiger partial charge in [0.1, 0.15) is 4.83 Å². The van der Waals surface area contributed by atoms with Gasteiger partial charge in [0.2, 0.25) is 0 Å². The lowest BCUT2D eigenvalue weighted by atomic mass is 9.94. The molecule has 10 aromatic rings. The van der Waals surface area contributed by atoms with Gasteiger partial charge in [-0.15, -0.1) is 11.3 Å². The number of hydrogen-bond acceptors (Lipinski definition) is 3. The highest BCUT2D eigenvalue weighted by molar-refractivity contribution is 7.25. The Morgan fingerprint density at radius 1 is 0.400 bits per heavy atom. The highest BCUT2D eigenvalue weighted by Crippen LogP contribution is 2.45. The van der Waals surface area contributed by atoms with E-state index in [4.69, 9.17) is 4.98 Å². The van der Waals surface area contributed by atoms with Crippen LogP contribution < -0.4 is 4.90 Å². The summed E-state index contributed by atoms with van der Waals surface area (Å²) in [5, 5.41) is 10.1. The van der Waals surface area contributed by atoms with Crippen LogP contribution in [0.5, 0.6) is 0 Å². The number of pyridine rings is 1. The van der Waals surface area contributed by atoms with E-state index in [9.17, 15) is 0 Å². The fourth-order valence-corrected chi connectivity index (χ4v) is 8.55. The van der Waals surface area contributed by atoms with Crippen LogP contribution in [0.15, 0.2) is 182 Å². The summed E-state index contributed by atoms with van der Waals surface area (Å²) in [5.41, 5.74) is 8.17. The summed E-state index contributed by atoms with van der Waals surface area (Å²) >= 11 is 1.75. The van der Waals surface area contributed by atoms with E-state index in [2.05, 4.69) is 175 Å². The third-order valence-corrected chi connectivity index (χ3v) is 11.0. The predicted octanol–water partition coefficient (Wildman–Crippen LogP) is 13.7. The maximum atomic E-state index is 4.71. The number of anilines is 3. The van der Waals surface area contributed by atoms with Crippen LogP contribution in [-0.4, -0.2) is 4.98 Å². The Hall–Kier alpha value is -6.29. The smallest absolute Gasteiger partial charge is 0.124 e. The van der Waals surface area contributed by atoms with Crippen molar-refractivity contribution in [3.63, 3.8) is 0 Å². The standard InChI is InChI=1S/C47H30N2S/c1-2-8-31(9-3-1)32-17-23-37(24-18-32)49(44-13-6-14-45-46(44)42-12-7-29-48-47(42)50-45)38-25-19-33(20-26-38)36-16-15-35-22-27-40-39-11-5-4-10-34(39)21-28-41(40)43(35)30-36/h1-30H. The van der Waals surface area contributed by atoms with Gasteiger partial charge in [0.05, 0.1) is 5.69 Å². The average Bonchev–Trinajstić information content (AvgIpc) is 3.58. The van der Waals surface area contributed by atoms with Crippen LogP contribution in [0, 0.1) is 0 Å². The van der Waals surface area contributed by atoms with Gasteiger partial charge in [0.15, 0.2) is 0 Å². The van der Waals surface area contributed by atoms with E-state index in [0.29, 0.717) is 0 Å². The van der Waals surface area contributed by atoms with Gasteiger partial charge < -0.3 is 4.90 Å². The van der Waals surface area contributed by atoms with Gasteiger partial charge in [-0.1, -0.05) is 121 Å². The summed E-state index contributed by atoms with van der Waals surface area (Å²) in [4.78, 5) is 8.15. The van der Waals surface area contributed by atoms with Crippen molar-refractivity contribution in [2.75, 3.05) is 4.90 Å². The first-order valence-electron chi connectivity index (χ1n) is 17.0. The number of fused-ring (bicyclic) bond motifs is 8. The maximum Gasteiger partial charge on any atom is 0.124 e. The molecule has 234 valence electrons. The Morgan fingerprint density at radius 3 is 1.78 bits per heavy atom. The normalized spacial score (nSPS) is 11.6. The second kappa shape index (κ2) is 11.7. The Morgan fingerprint density at radius 2 is 1.00 bits per heavy atom. The number of aromatic nitrogens is 1. The fraction of sp³-hybridized carbons (Fsp3) is 0. The van der Waals surface area contributed by atoms with E-state index in [1.54, 1.807) is 11.3 Å². The topological polar surface area (TPSA) is 16.1 Å². The van der Waals surface area contributed by atoms with Crippen molar-refractivity contribution in [2.24, 2.45) is 0 Å². The molecule has 0 radical (unpaired) electrons. The molecule has 50 heavy (non-hydrogen) atoms. The van der Waals surface area contributed by atoms with Crippen molar-refractivity contribution < 1.29 is 0 Å². The first kappa shape index (κ1) is 28.7. The lowest BCUT2D eigenvalue weighted by Gasteiger charge is -2.27. The number of benzene rings is 8. The lowest BCUT2D eigenvalue weighted by molar-refractivity contribution is 1.30. The first-order valence-corrected chi connectivity index (χ1v) is 17.8. The SMILES string of the molecule is c1ccc(-c2ccc(N(c3ccc(-c4ccc5ccc6c7ccccc7ccc6c5c4)cc3)c3cccc4sc5ncccc5c34)cc2)cc1. The van der Waals surface area contributed by atoms with E-state index in [1.807, 2.05) is 12.3 Å². The van der Waals surface area contributed by atoms with Crippen molar-refractivity contribution >= 4 is 81.0 Å². The minimum atomic E-state index is 1.06. The van der Waals surface area contributed by atoms with Gasteiger partial charge in [-0.25, -0.2) is 4.98 Å². The van der Waals surface area contributed by atoms with E-state index >= 15 is 0 Å². The molecule has 0 amide bonds. The molecule has 2 aromatic heterocycles. The quantitative estimate of drug-likeness (QED) is 0.172. The van der Waals surface area contributed by atoms with Crippen LogP contribution in [0.2, 0.25) is 0 Å². The summed E-state index contributed by atoms with van der Waals surface area (Å²) in [6, 6.07) is 63.9. The fourth-order valence-electron chi connectivity index (χ4n) is 7.49. The number of hydrogen-bond donors (Lipinski definition) is 0. The van der Waals surface area contributed by atoms with Crippen molar-refractivity contribution in [2.45, 2.75) is 0 Å². The number of thiophene rings is 1. The summed E-state index contributed by atoms with van der Waals surface area (Å²) in [6.45, 7) is 0. The predicted molar refractivity (Wildman–Crippen MR) is 215 cm³/mol. The van der Waals surface area contributed by atoms with Crippen LogP contribution in [0.3, 0.4) is 0 Å². The van der Waals surface area contributed by atoms with Crippen molar-refractivity contribution in [1.82, 2.24) is 4.98 Å². The molecule has 0 fully saturated rings. The van der Waals surface area contributed by atoms with Crippen molar-refractivity contribution in [3.05, 3.63) is 182 Å². The molecule has 0 saturated heterocycles. The molecule has 0 aliphatic rings. The Balaban J connectivity index is 1.10. The van der Waals surface area contributed by atoms with Gasteiger partial charge in [0.25, 0.3) is 0 Å². The molecule has 2 heterocycles. The molecular formula is C47H30N2S. The molecule has 0 saturated carbocycles. The highest BCUT2D eigenvalue weighted by atomic mass is 32.1. The summed E-state index contributed by atoms with van der Waals surface area (Å²) in [7, 11) is 0. The van der Waals surface area contributed by atoms with Gasteiger partial charge >= 0.3 is 0 Å². The van der Waals surface area contributed by atoms with Crippen LogP contribution in [-0.2, 0) is 0 Å². The molecule has 0 unspecified atom stereocenters. The maximum absolute atomic E-state index is 4.71. The van der Waals surface area contributed by atoms with E-state index in [1.165, 1.54) is 70.0 Å². The zero-order valence-corrected chi connectivity index (χ0v) is 27.9. The average molecular weight is 655 g/mol. The molecule has 3 heteroatoms. The summed E-state index contributed by atoms with van der Waals surface area (Å²) in [6.07, 6.45) is 1.88. The molecule has 8 aromatic carbocycles. The summed E-state index contributed by atoms with van der Waals surface area (Å²) < 4.78 is 1.23. The summed E-state index contributed by atoms with van der Waals surface area (Å²) in [5.74, 6) is 0. The van der Waals surface area contributed by atoms with Crippen molar-refractivity contribution in [3.8, 4) is 22.3 Å². The van der Waals surface area contributed by atoms with E-state index in [-0.39, 0.29) is 0 Å². The van der Waals surface area contributed by atoms with Gasteiger partial charge in [-0.3, -0.25) is 0 Å². The zero-order chi connectivity index (χ0) is 33.0.